The van der Waals surface area contributed by atoms with E-state index in [-0.39, 0.29) is 29.3 Å². The van der Waals surface area contributed by atoms with Crippen molar-refractivity contribution in [2.24, 2.45) is 5.92 Å². The Balaban J connectivity index is 1.80. The molecule has 0 bridgehead atoms. The van der Waals surface area contributed by atoms with Gasteiger partial charge in [-0.05, 0) is 32.2 Å². The summed E-state index contributed by atoms with van der Waals surface area (Å²) < 4.78 is 6.96. The molecule has 2 amide bonds. The smallest absolute Gasteiger partial charge is 0.252 e. The SMILES string of the molecule is COCCn1cc([C@H]2[C@H](CNC(=O)c3ccsc3)CC(=O)N2C(C)(C)C)cn1. The topological polar surface area (TPSA) is 76.5 Å². The van der Waals surface area contributed by atoms with Crippen LogP contribution in [0.5, 0.6) is 0 Å². The van der Waals surface area contributed by atoms with Crippen LogP contribution >= 0.6 is 11.3 Å². The molecule has 152 valence electrons. The molecular weight excluding hydrogens is 376 g/mol. The molecule has 1 saturated heterocycles. The highest BCUT2D eigenvalue weighted by Crippen LogP contribution is 2.42. The van der Waals surface area contributed by atoms with Crippen LogP contribution in [0.2, 0.25) is 0 Å². The molecule has 0 saturated carbocycles. The van der Waals surface area contributed by atoms with E-state index in [0.717, 1.165) is 5.56 Å². The molecule has 0 unspecified atom stereocenters. The van der Waals surface area contributed by atoms with Gasteiger partial charge in [-0.1, -0.05) is 0 Å². The number of thiophene rings is 1. The van der Waals surface area contributed by atoms with E-state index in [2.05, 4.69) is 10.4 Å². The fourth-order valence-corrected chi connectivity index (χ4v) is 4.39. The first-order valence-corrected chi connectivity index (χ1v) is 10.4. The molecular formula is C20H28N4O3S. The van der Waals surface area contributed by atoms with Crippen molar-refractivity contribution < 1.29 is 14.3 Å². The van der Waals surface area contributed by atoms with Crippen LogP contribution in [0.1, 0.15) is 49.2 Å². The van der Waals surface area contributed by atoms with E-state index < -0.39 is 0 Å². The van der Waals surface area contributed by atoms with E-state index >= 15 is 0 Å². The van der Waals surface area contributed by atoms with Gasteiger partial charge >= 0.3 is 0 Å². The monoisotopic (exact) mass is 404 g/mol. The van der Waals surface area contributed by atoms with Crippen molar-refractivity contribution in [3.63, 3.8) is 0 Å². The summed E-state index contributed by atoms with van der Waals surface area (Å²) >= 11 is 1.49. The molecule has 8 heteroatoms. The average Bonchev–Trinajstić information content (AvgIpc) is 3.36. The van der Waals surface area contributed by atoms with Crippen LogP contribution in [0.25, 0.3) is 0 Å². The quantitative estimate of drug-likeness (QED) is 0.770. The van der Waals surface area contributed by atoms with E-state index in [1.54, 1.807) is 13.2 Å². The van der Waals surface area contributed by atoms with E-state index in [1.165, 1.54) is 11.3 Å². The first kappa shape index (κ1) is 20.5. The van der Waals surface area contributed by atoms with Crippen LogP contribution in [-0.2, 0) is 16.1 Å². The van der Waals surface area contributed by atoms with Crippen molar-refractivity contribution in [3.8, 4) is 0 Å². The van der Waals surface area contributed by atoms with E-state index in [4.69, 9.17) is 4.74 Å². The largest absolute Gasteiger partial charge is 0.383 e. The first-order chi connectivity index (χ1) is 13.3. The number of hydrogen-bond acceptors (Lipinski definition) is 5. The van der Waals surface area contributed by atoms with Gasteiger partial charge in [-0.25, -0.2) is 0 Å². The highest BCUT2D eigenvalue weighted by Gasteiger charge is 2.45. The predicted octanol–water partition coefficient (Wildman–Crippen LogP) is 2.71. The second kappa shape index (κ2) is 8.45. The molecule has 2 atom stereocenters. The molecule has 28 heavy (non-hydrogen) atoms. The normalized spacial score (nSPS) is 20.0. The molecule has 1 aliphatic heterocycles. The number of amides is 2. The molecule has 0 aliphatic carbocycles. The molecule has 2 aromatic heterocycles. The minimum absolute atomic E-state index is 0.00520. The Labute approximate surface area is 169 Å². The number of nitrogens with one attached hydrogen (secondary N) is 1. The fourth-order valence-electron chi connectivity index (χ4n) is 3.76. The zero-order chi connectivity index (χ0) is 20.3. The van der Waals surface area contributed by atoms with Crippen molar-refractivity contribution in [1.82, 2.24) is 20.0 Å². The highest BCUT2D eigenvalue weighted by atomic mass is 32.1. The maximum Gasteiger partial charge on any atom is 0.252 e. The molecule has 0 aromatic carbocycles. The minimum Gasteiger partial charge on any atom is -0.383 e. The molecule has 1 aliphatic rings. The summed E-state index contributed by atoms with van der Waals surface area (Å²) in [6, 6.07) is 1.69. The van der Waals surface area contributed by atoms with E-state index in [9.17, 15) is 9.59 Å². The molecule has 1 fully saturated rings. The predicted molar refractivity (Wildman–Crippen MR) is 108 cm³/mol. The van der Waals surface area contributed by atoms with Crippen molar-refractivity contribution in [3.05, 3.63) is 40.3 Å². The third kappa shape index (κ3) is 4.44. The zero-order valence-electron chi connectivity index (χ0n) is 16.8. The molecule has 7 nitrogen and oxygen atoms in total. The molecule has 2 aromatic rings. The summed E-state index contributed by atoms with van der Waals surface area (Å²) in [6.45, 7) is 7.81. The van der Waals surface area contributed by atoms with Crippen LogP contribution in [0, 0.1) is 5.92 Å². The summed E-state index contributed by atoms with van der Waals surface area (Å²) in [7, 11) is 1.66. The Morgan fingerprint density at radius 2 is 2.21 bits per heavy atom. The van der Waals surface area contributed by atoms with Crippen molar-refractivity contribution in [2.45, 2.75) is 45.3 Å². The average molecular weight is 405 g/mol. The van der Waals surface area contributed by atoms with Crippen LogP contribution in [0.4, 0.5) is 0 Å². The lowest BCUT2D eigenvalue weighted by Crippen LogP contribution is -2.44. The Bertz CT molecular complexity index is 810. The maximum atomic E-state index is 12.8. The van der Waals surface area contributed by atoms with Gasteiger partial charge in [0.05, 0.1) is 25.4 Å². The third-order valence-electron chi connectivity index (χ3n) is 4.98. The minimum atomic E-state index is -0.317. The number of nitrogens with zero attached hydrogens (tertiary/aromatic N) is 3. The number of ether oxygens (including phenoxy) is 1. The van der Waals surface area contributed by atoms with Crippen LogP contribution in [0.3, 0.4) is 0 Å². The van der Waals surface area contributed by atoms with Gasteiger partial charge in [-0.2, -0.15) is 16.4 Å². The maximum absolute atomic E-state index is 12.8. The number of likely N-dealkylation sites (tertiary alicyclic amines) is 1. The number of carbonyl (C=O) groups excluding carboxylic acids is 2. The van der Waals surface area contributed by atoms with Gasteiger partial charge in [-0.3, -0.25) is 14.3 Å². The Hall–Kier alpha value is -2.19. The van der Waals surface area contributed by atoms with Crippen molar-refractivity contribution in [2.75, 3.05) is 20.3 Å². The van der Waals surface area contributed by atoms with Gasteiger partial charge in [0.15, 0.2) is 0 Å². The van der Waals surface area contributed by atoms with E-state index in [0.29, 0.717) is 31.7 Å². The van der Waals surface area contributed by atoms with Crippen LogP contribution in [-0.4, -0.2) is 52.3 Å². The zero-order valence-corrected chi connectivity index (χ0v) is 17.7. The molecule has 0 radical (unpaired) electrons. The summed E-state index contributed by atoms with van der Waals surface area (Å²) in [5.74, 6) is 0.00348. The Morgan fingerprint density at radius 3 is 2.86 bits per heavy atom. The van der Waals surface area contributed by atoms with Gasteiger partial charge < -0.3 is 15.0 Å². The second-order valence-electron chi connectivity index (χ2n) is 8.10. The highest BCUT2D eigenvalue weighted by molar-refractivity contribution is 7.08. The number of rotatable bonds is 7. The van der Waals surface area contributed by atoms with Gasteiger partial charge in [0.1, 0.15) is 0 Å². The lowest BCUT2D eigenvalue weighted by molar-refractivity contribution is -0.133. The first-order valence-electron chi connectivity index (χ1n) is 9.45. The number of hydrogen-bond donors (Lipinski definition) is 1. The molecule has 1 N–H and O–H groups in total. The Morgan fingerprint density at radius 1 is 1.43 bits per heavy atom. The third-order valence-corrected chi connectivity index (χ3v) is 5.66. The van der Waals surface area contributed by atoms with Crippen LogP contribution < -0.4 is 5.32 Å². The van der Waals surface area contributed by atoms with Gasteiger partial charge in [0.2, 0.25) is 5.91 Å². The number of aromatic nitrogens is 2. The second-order valence-corrected chi connectivity index (χ2v) is 8.88. The standard InChI is InChI=1S/C20H28N4O3S/c1-20(2,3)24-17(25)9-15(10-21-19(26)14-5-8-28-13-14)18(24)16-11-22-23(12-16)6-7-27-4/h5,8,11-13,15,18H,6-7,9-10H2,1-4H3,(H,21,26)/t15-,18+/m0/s1. The fraction of sp³-hybridized carbons (Fsp3) is 0.550. The van der Waals surface area contributed by atoms with E-state index in [1.807, 2.05) is 53.5 Å². The summed E-state index contributed by atoms with van der Waals surface area (Å²) in [6.07, 6.45) is 4.22. The Kier molecular flexibility index (Phi) is 6.20. The van der Waals surface area contributed by atoms with Crippen molar-refractivity contribution in [1.29, 1.82) is 0 Å². The number of carbonyl (C=O) groups is 2. The van der Waals surface area contributed by atoms with Crippen LogP contribution in [0.15, 0.2) is 29.2 Å². The lowest BCUT2D eigenvalue weighted by atomic mass is 9.93. The lowest BCUT2D eigenvalue weighted by Gasteiger charge is -2.38. The van der Waals surface area contributed by atoms with Crippen molar-refractivity contribution >= 4 is 23.2 Å². The molecule has 3 rings (SSSR count). The van der Waals surface area contributed by atoms with Gasteiger partial charge in [0, 0.05) is 54.2 Å². The molecule has 3 heterocycles. The van der Waals surface area contributed by atoms with Gasteiger partial charge in [-0.15, -0.1) is 0 Å². The summed E-state index contributed by atoms with van der Waals surface area (Å²) in [5.41, 5.74) is 1.33. The van der Waals surface area contributed by atoms with Gasteiger partial charge in [0.25, 0.3) is 5.91 Å². The summed E-state index contributed by atoms with van der Waals surface area (Å²) in [5, 5.41) is 11.1. The number of methoxy groups -OCH3 is 1. The summed E-state index contributed by atoms with van der Waals surface area (Å²) in [4.78, 5) is 27.1. The molecule has 0 spiro atoms.